The minimum atomic E-state index is -0.355. The number of rotatable bonds is 6. The fraction of sp³-hybridized carbons (Fsp3) is 0.556. The molecule has 1 fully saturated rings. The molecule has 23 heavy (non-hydrogen) atoms. The Morgan fingerprint density at radius 1 is 1.17 bits per heavy atom. The van der Waals surface area contributed by atoms with E-state index in [1.165, 1.54) is 29.3 Å². The second kappa shape index (κ2) is 8.96. The second-order valence-electron chi connectivity index (χ2n) is 6.10. The molecule has 5 heteroatoms. The maximum Gasteiger partial charge on any atom is 0.316 e. The minimum Gasteiger partial charge on any atom is -0.455 e. The van der Waals surface area contributed by atoms with E-state index < -0.39 is 0 Å². The van der Waals surface area contributed by atoms with Crippen LogP contribution in [-0.2, 0) is 14.3 Å². The fourth-order valence-corrected chi connectivity index (χ4v) is 3.44. The van der Waals surface area contributed by atoms with Crippen LogP contribution < -0.4 is 5.32 Å². The molecule has 0 bridgehead atoms. The van der Waals surface area contributed by atoms with Crippen molar-refractivity contribution in [2.45, 2.75) is 56.9 Å². The van der Waals surface area contributed by atoms with Gasteiger partial charge in [-0.15, -0.1) is 11.8 Å². The van der Waals surface area contributed by atoms with Crippen molar-refractivity contribution in [1.29, 1.82) is 0 Å². The van der Waals surface area contributed by atoms with E-state index in [0.29, 0.717) is 0 Å². The van der Waals surface area contributed by atoms with Crippen molar-refractivity contribution in [3.63, 3.8) is 0 Å². The van der Waals surface area contributed by atoms with E-state index in [1.54, 1.807) is 0 Å². The molecule has 126 valence electrons. The van der Waals surface area contributed by atoms with Crippen molar-refractivity contribution in [3.8, 4) is 0 Å². The Kier molecular flexibility index (Phi) is 6.96. The Morgan fingerprint density at radius 2 is 1.91 bits per heavy atom. The third-order valence-electron chi connectivity index (χ3n) is 4.17. The van der Waals surface area contributed by atoms with E-state index in [-0.39, 0.29) is 30.3 Å². The highest BCUT2D eigenvalue weighted by Crippen LogP contribution is 2.21. The number of nitrogens with one attached hydrogen (secondary N) is 1. The zero-order valence-corrected chi connectivity index (χ0v) is 14.7. The Bertz CT molecular complexity index is 553. The number of esters is 1. The van der Waals surface area contributed by atoms with Gasteiger partial charge >= 0.3 is 5.97 Å². The summed E-state index contributed by atoms with van der Waals surface area (Å²) < 4.78 is 5.05. The zero-order chi connectivity index (χ0) is 16.7. The molecule has 0 aromatic heterocycles. The topological polar surface area (TPSA) is 55.4 Å². The van der Waals surface area contributed by atoms with Crippen LogP contribution >= 0.6 is 11.8 Å². The normalized spacial score (nSPS) is 15.2. The van der Waals surface area contributed by atoms with E-state index >= 15 is 0 Å². The predicted molar refractivity (Wildman–Crippen MR) is 92.6 cm³/mol. The summed E-state index contributed by atoms with van der Waals surface area (Å²) in [5, 5.41) is 2.94. The Balaban J connectivity index is 1.66. The molecule has 1 aromatic rings. The number of amides is 1. The van der Waals surface area contributed by atoms with Gasteiger partial charge in [0.25, 0.3) is 5.91 Å². The number of hydrogen-bond acceptors (Lipinski definition) is 4. The van der Waals surface area contributed by atoms with Gasteiger partial charge in [-0.05, 0) is 49.9 Å². The van der Waals surface area contributed by atoms with E-state index in [0.717, 1.165) is 30.6 Å². The molecular formula is C18H25NO3S. The SMILES string of the molecule is Cc1ccc(SCC(=O)OCC(=O)NC2CCCCC2)cc1C. The predicted octanol–water partition coefficient (Wildman–Crippen LogP) is 3.39. The summed E-state index contributed by atoms with van der Waals surface area (Å²) >= 11 is 1.43. The molecule has 1 aromatic carbocycles. The summed E-state index contributed by atoms with van der Waals surface area (Å²) in [7, 11) is 0. The summed E-state index contributed by atoms with van der Waals surface area (Å²) in [5.74, 6) is -0.326. The first-order valence-corrected chi connectivity index (χ1v) is 9.18. The summed E-state index contributed by atoms with van der Waals surface area (Å²) in [4.78, 5) is 24.6. The molecule has 1 amide bonds. The van der Waals surface area contributed by atoms with E-state index in [1.807, 2.05) is 19.1 Å². The summed E-state index contributed by atoms with van der Waals surface area (Å²) in [5.41, 5.74) is 2.44. The molecule has 0 unspecified atom stereocenters. The van der Waals surface area contributed by atoms with Crippen molar-refractivity contribution in [1.82, 2.24) is 5.32 Å². The van der Waals surface area contributed by atoms with Gasteiger partial charge in [0.2, 0.25) is 0 Å². The second-order valence-corrected chi connectivity index (χ2v) is 7.15. The minimum absolute atomic E-state index is 0.178. The molecule has 2 rings (SSSR count). The Labute approximate surface area is 142 Å². The number of carbonyl (C=O) groups excluding carboxylic acids is 2. The highest BCUT2D eigenvalue weighted by molar-refractivity contribution is 8.00. The first-order valence-electron chi connectivity index (χ1n) is 8.19. The van der Waals surface area contributed by atoms with E-state index in [4.69, 9.17) is 4.74 Å². The van der Waals surface area contributed by atoms with Gasteiger partial charge in [-0.2, -0.15) is 0 Å². The molecule has 0 atom stereocenters. The van der Waals surface area contributed by atoms with Crippen LogP contribution in [0.25, 0.3) is 0 Å². The van der Waals surface area contributed by atoms with Crippen molar-refractivity contribution in [3.05, 3.63) is 29.3 Å². The highest BCUT2D eigenvalue weighted by atomic mass is 32.2. The average molecular weight is 335 g/mol. The number of aryl methyl sites for hydroxylation is 2. The van der Waals surface area contributed by atoms with Gasteiger partial charge in [0, 0.05) is 10.9 Å². The van der Waals surface area contributed by atoms with Crippen LogP contribution in [0.5, 0.6) is 0 Å². The third kappa shape index (κ3) is 6.26. The zero-order valence-electron chi connectivity index (χ0n) is 13.9. The molecule has 0 radical (unpaired) electrons. The standard InChI is InChI=1S/C18H25NO3S/c1-13-8-9-16(10-14(13)2)23-12-18(21)22-11-17(20)19-15-6-4-3-5-7-15/h8-10,15H,3-7,11-12H2,1-2H3,(H,19,20). The summed E-state index contributed by atoms with van der Waals surface area (Å²) in [6.07, 6.45) is 5.64. The van der Waals surface area contributed by atoms with E-state index in [2.05, 4.69) is 18.3 Å². The van der Waals surface area contributed by atoms with Crippen LogP contribution in [0.3, 0.4) is 0 Å². The Hall–Kier alpha value is -1.49. The van der Waals surface area contributed by atoms with Gasteiger partial charge in [0.05, 0.1) is 5.75 Å². The maximum absolute atomic E-state index is 11.8. The van der Waals surface area contributed by atoms with Gasteiger partial charge in [0.1, 0.15) is 0 Å². The third-order valence-corrected chi connectivity index (χ3v) is 5.14. The van der Waals surface area contributed by atoms with Crippen molar-refractivity contribution < 1.29 is 14.3 Å². The molecular weight excluding hydrogens is 310 g/mol. The van der Waals surface area contributed by atoms with Crippen molar-refractivity contribution in [2.24, 2.45) is 0 Å². The number of thioether (sulfide) groups is 1. The average Bonchev–Trinajstić information content (AvgIpc) is 2.55. The monoisotopic (exact) mass is 335 g/mol. The van der Waals surface area contributed by atoms with Crippen LogP contribution in [0.1, 0.15) is 43.2 Å². The molecule has 1 aliphatic rings. The number of hydrogen-bond donors (Lipinski definition) is 1. The molecule has 1 saturated carbocycles. The first-order chi connectivity index (χ1) is 11.0. The van der Waals surface area contributed by atoms with Crippen LogP contribution in [0.4, 0.5) is 0 Å². The molecule has 1 aliphatic carbocycles. The van der Waals surface area contributed by atoms with E-state index in [9.17, 15) is 9.59 Å². The van der Waals surface area contributed by atoms with Crippen LogP contribution in [0.2, 0.25) is 0 Å². The summed E-state index contributed by atoms with van der Waals surface area (Å²) in [6.45, 7) is 3.93. The lowest BCUT2D eigenvalue weighted by Gasteiger charge is -2.22. The van der Waals surface area contributed by atoms with Crippen molar-refractivity contribution in [2.75, 3.05) is 12.4 Å². The number of carbonyl (C=O) groups is 2. The highest BCUT2D eigenvalue weighted by Gasteiger charge is 2.16. The Morgan fingerprint density at radius 3 is 2.61 bits per heavy atom. The van der Waals surface area contributed by atoms with Gasteiger partial charge in [0.15, 0.2) is 6.61 Å². The molecule has 0 heterocycles. The number of ether oxygens (including phenoxy) is 1. The maximum atomic E-state index is 11.8. The van der Waals surface area contributed by atoms with Crippen LogP contribution in [-0.4, -0.2) is 30.3 Å². The van der Waals surface area contributed by atoms with Crippen LogP contribution in [0, 0.1) is 13.8 Å². The van der Waals surface area contributed by atoms with Crippen LogP contribution in [0.15, 0.2) is 23.1 Å². The molecule has 1 N–H and O–H groups in total. The molecule has 0 spiro atoms. The largest absolute Gasteiger partial charge is 0.455 e. The van der Waals surface area contributed by atoms with Gasteiger partial charge in [-0.25, -0.2) is 0 Å². The molecule has 0 aliphatic heterocycles. The number of benzene rings is 1. The van der Waals surface area contributed by atoms with Gasteiger partial charge in [-0.1, -0.05) is 25.3 Å². The van der Waals surface area contributed by atoms with Gasteiger partial charge in [-0.3, -0.25) is 9.59 Å². The lowest BCUT2D eigenvalue weighted by Crippen LogP contribution is -2.38. The smallest absolute Gasteiger partial charge is 0.316 e. The fourth-order valence-electron chi connectivity index (χ4n) is 2.65. The lowest BCUT2D eigenvalue weighted by molar-refractivity contribution is -0.146. The first kappa shape index (κ1) is 17.9. The van der Waals surface area contributed by atoms with Crippen molar-refractivity contribution >= 4 is 23.6 Å². The van der Waals surface area contributed by atoms with Gasteiger partial charge < -0.3 is 10.1 Å². The summed E-state index contributed by atoms with van der Waals surface area (Å²) in [6, 6.07) is 6.35. The lowest BCUT2D eigenvalue weighted by atomic mass is 9.95. The molecule has 0 saturated heterocycles. The quantitative estimate of drug-likeness (QED) is 0.639. The molecule has 4 nitrogen and oxygen atoms in total.